The highest BCUT2D eigenvalue weighted by molar-refractivity contribution is 7.98. The maximum Gasteiger partial charge on any atom is 0.272 e. The number of halogens is 1. The Labute approximate surface area is 140 Å². The third-order valence-electron chi connectivity index (χ3n) is 3.35. The smallest absolute Gasteiger partial charge is 0.272 e. The molecule has 0 aliphatic heterocycles. The van der Waals surface area contributed by atoms with Crippen LogP contribution in [-0.2, 0) is 0 Å². The molecule has 1 aromatic carbocycles. The van der Waals surface area contributed by atoms with Crippen LogP contribution in [0.3, 0.4) is 0 Å². The van der Waals surface area contributed by atoms with Gasteiger partial charge in [-0.1, -0.05) is 23.9 Å². The predicted molar refractivity (Wildman–Crippen MR) is 91.7 cm³/mol. The van der Waals surface area contributed by atoms with Crippen LogP contribution < -0.4 is 0 Å². The third kappa shape index (κ3) is 3.82. The maximum absolute atomic E-state index is 13.2. The first kappa shape index (κ1) is 17.3. The van der Waals surface area contributed by atoms with Gasteiger partial charge in [-0.3, -0.25) is 9.36 Å². The third-order valence-corrected chi connectivity index (χ3v) is 4.00. The van der Waals surface area contributed by atoms with E-state index in [2.05, 4.69) is 11.6 Å². The van der Waals surface area contributed by atoms with Crippen LogP contribution in [0, 0.1) is 5.82 Å². The van der Waals surface area contributed by atoms with E-state index in [9.17, 15) is 9.18 Å². The average Bonchev–Trinajstić information content (AvgIpc) is 2.96. The van der Waals surface area contributed by atoms with Gasteiger partial charge in [0.15, 0.2) is 5.16 Å². The van der Waals surface area contributed by atoms with Crippen LogP contribution >= 0.6 is 11.8 Å². The molecule has 1 aromatic heterocycles. The summed E-state index contributed by atoms with van der Waals surface area (Å²) in [5, 5.41) is 0.686. The quantitative estimate of drug-likeness (QED) is 0.596. The van der Waals surface area contributed by atoms with Gasteiger partial charge >= 0.3 is 0 Å². The Bertz CT molecular complexity index is 709. The summed E-state index contributed by atoms with van der Waals surface area (Å²) in [7, 11) is 0. The number of thioether (sulfide) groups is 1. The van der Waals surface area contributed by atoms with Crippen molar-refractivity contribution in [2.75, 3.05) is 19.3 Å². The monoisotopic (exact) mass is 333 g/mol. The first-order chi connectivity index (χ1) is 11.0. The standard InChI is InChI=1S/C17H20FN3OS/c1-5-20(11-12(2)3)16(22)15-10-19-17(23-4)21(15)14-8-6-13(18)7-9-14/h6-10H,2,5,11H2,1,3-4H3. The lowest BCUT2D eigenvalue weighted by molar-refractivity contribution is 0.0769. The van der Waals surface area contributed by atoms with E-state index >= 15 is 0 Å². The topological polar surface area (TPSA) is 38.1 Å². The summed E-state index contributed by atoms with van der Waals surface area (Å²) in [4.78, 5) is 18.9. The summed E-state index contributed by atoms with van der Waals surface area (Å²) in [6.45, 7) is 8.76. The Morgan fingerprint density at radius 2 is 2.04 bits per heavy atom. The molecule has 0 radical (unpaired) electrons. The minimum Gasteiger partial charge on any atom is -0.334 e. The molecule has 0 unspecified atom stereocenters. The van der Waals surface area contributed by atoms with Crippen molar-refractivity contribution in [1.82, 2.24) is 14.5 Å². The number of rotatable bonds is 6. The van der Waals surface area contributed by atoms with Crippen molar-refractivity contribution < 1.29 is 9.18 Å². The number of aromatic nitrogens is 2. The van der Waals surface area contributed by atoms with Gasteiger partial charge in [0.05, 0.1) is 6.20 Å². The van der Waals surface area contributed by atoms with Gasteiger partial charge in [-0.2, -0.15) is 0 Å². The Morgan fingerprint density at radius 1 is 1.39 bits per heavy atom. The lowest BCUT2D eigenvalue weighted by Crippen LogP contribution is -2.33. The fraction of sp³-hybridized carbons (Fsp3) is 0.294. The lowest BCUT2D eigenvalue weighted by Gasteiger charge is -2.21. The van der Waals surface area contributed by atoms with Crippen molar-refractivity contribution in [2.45, 2.75) is 19.0 Å². The number of benzene rings is 1. The second-order valence-electron chi connectivity index (χ2n) is 5.22. The molecule has 4 nitrogen and oxygen atoms in total. The summed E-state index contributed by atoms with van der Waals surface area (Å²) in [5.41, 5.74) is 2.09. The second-order valence-corrected chi connectivity index (χ2v) is 5.99. The van der Waals surface area contributed by atoms with Gasteiger partial charge in [0.2, 0.25) is 0 Å². The van der Waals surface area contributed by atoms with Crippen molar-refractivity contribution in [2.24, 2.45) is 0 Å². The number of nitrogens with zero attached hydrogens (tertiary/aromatic N) is 3. The zero-order chi connectivity index (χ0) is 17.0. The van der Waals surface area contributed by atoms with E-state index in [0.29, 0.717) is 29.6 Å². The zero-order valence-electron chi connectivity index (χ0n) is 13.5. The summed E-state index contributed by atoms with van der Waals surface area (Å²) in [5.74, 6) is -0.433. The fourth-order valence-corrected chi connectivity index (χ4v) is 2.83. The molecule has 1 heterocycles. The number of imidazole rings is 1. The molecule has 0 saturated carbocycles. The highest BCUT2D eigenvalue weighted by atomic mass is 32.2. The molecule has 1 amide bonds. The molecule has 0 aliphatic rings. The van der Waals surface area contributed by atoms with Crippen LogP contribution in [0.15, 0.2) is 47.8 Å². The molecule has 6 heteroatoms. The van der Waals surface area contributed by atoms with Gasteiger partial charge in [0.25, 0.3) is 5.91 Å². The molecule has 0 bridgehead atoms. The van der Waals surface area contributed by atoms with E-state index in [1.54, 1.807) is 27.8 Å². The van der Waals surface area contributed by atoms with Crippen LogP contribution in [0.1, 0.15) is 24.3 Å². The molecular weight excluding hydrogens is 313 g/mol. The van der Waals surface area contributed by atoms with E-state index in [0.717, 1.165) is 5.57 Å². The number of hydrogen-bond donors (Lipinski definition) is 0. The van der Waals surface area contributed by atoms with Crippen molar-refractivity contribution in [3.05, 3.63) is 54.1 Å². The summed E-state index contributed by atoms with van der Waals surface area (Å²) in [6.07, 6.45) is 3.46. The van der Waals surface area contributed by atoms with Crippen LogP contribution in [0.4, 0.5) is 4.39 Å². The molecule has 0 saturated heterocycles. The Hall–Kier alpha value is -2.08. The highest BCUT2D eigenvalue weighted by Gasteiger charge is 2.22. The number of likely N-dealkylation sites (N-methyl/N-ethyl adjacent to an activating group) is 1. The molecule has 2 aromatic rings. The van der Waals surface area contributed by atoms with Crippen molar-refractivity contribution >= 4 is 17.7 Å². The highest BCUT2D eigenvalue weighted by Crippen LogP contribution is 2.23. The van der Waals surface area contributed by atoms with Gasteiger partial charge in [0, 0.05) is 18.8 Å². The number of carbonyl (C=O) groups is 1. The number of hydrogen-bond acceptors (Lipinski definition) is 3. The minimum atomic E-state index is -0.315. The molecular formula is C17H20FN3OS. The van der Waals surface area contributed by atoms with Gasteiger partial charge in [-0.25, -0.2) is 9.37 Å². The van der Waals surface area contributed by atoms with Crippen LogP contribution in [0.5, 0.6) is 0 Å². The predicted octanol–water partition coefficient (Wildman–Crippen LogP) is 3.77. The number of carbonyl (C=O) groups excluding carboxylic acids is 1. The average molecular weight is 333 g/mol. The van der Waals surface area contributed by atoms with Crippen LogP contribution in [0.2, 0.25) is 0 Å². The lowest BCUT2D eigenvalue weighted by atomic mass is 10.2. The number of amides is 1. The van der Waals surface area contributed by atoms with Gasteiger partial charge < -0.3 is 4.90 Å². The van der Waals surface area contributed by atoms with Crippen LogP contribution in [-0.4, -0.2) is 39.7 Å². The van der Waals surface area contributed by atoms with E-state index in [-0.39, 0.29) is 11.7 Å². The van der Waals surface area contributed by atoms with Crippen molar-refractivity contribution in [3.8, 4) is 5.69 Å². The van der Waals surface area contributed by atoms with E-state index in [1.165, 1.54) is 23.9 Å². The molecule has 122 valence electrons. The molecule has 2 rings (SSSR count). The minimum absolute atomic E-state index is 0.118. The van der Waals surface area contributed by atoms with Crippen molar-refractivity contribution in [1.29, 1.82) is 0 Å². The van der Waals surface area contributed by atoms with Gasteiger partial charge in [-0.05, 0) is 44.4 Å². The Balaban J connectivity index is 2.47. The Morgan fingerprint density at radius 3 is 2.57 bits per heavy atom. The normalized spacial score (nSPS) is 10.6. The van der Waals surface area contributed by atoms with E-state index in [1.807, 2.05) is 20.1 Å². The molecule has 0 aliphatic carbocycles. The summed E-state index contributed by atoms with van der Waals surface area (Å²) >= 11 is 1.44. The Kier molecular flexibility index (Phi) is 5.60. The van der Waals surface area contributed by atoms with Crippen molar-refractivity contribution in [3.63, 3.8) is 0 Å². The fourth-order valence-electron chi connectivity index (χ4n) is 2.28. The first-order valence-corrected chi connectivity index (χ1v) is 8.51. The summed E-state index contributed by atoms with van der Waals surface area (Å²) < 4.78 is 14.9. The first-order valence-electron chi connectivity index (χ1n) is 7.29. The van der Waals surface area contributed by atoms with Gasteiger partial charge in [-0.15, -0.1) is 0 Å². The van der Waals surface area contributed by atoms with Crippen LogP contribution in [0.25, 0.3) is 5.69 Å². The SMILES string of the molecule is C=C(C)CN(CC)C(=O)c1cnc(SC)n1-c1ccc(F)cc1. The maximum atomic E-state index is 13.2. The molecule has 23 heavy (non-hydrogen) atoms. The van der Waals surface area contributed by atoms with E-state index < -0.39 is 0 Å². The van der Waals surface area contributed by atoms with E-state index in [4.69, 9.17) is 0 Å². The molecule has 0 spiro atoms. The molecule has 0 fully saturated rings. The molecule has 0 N–H and O–H groups in total. The summed E-state index contributed by atoms with van der Waals surface area (Å²) in [6, 6.07) is 6.03. The second kappa shape index (κ2) is 7.46. The zero-order valence-corrected chi connectivity index (χ0v) is 14.4. The molecule has 0 atom stereocenters. The van der Waals surface area contributed by atoms with Gasteiger partial charge in [0.1, 0.15) is 11.5 Å². The largest absolute Gasteiger partial charge is 0.334 e.